The maximum atomic E-state index is 12.4. The third kappa shape index (κ3) is 4.60. The van der Waals surface area contributed by atoms with Gasteiger partial charge in [0, 0.05) is 11.7 Å². The molecule has 0 saturated carbocycles. The van der Waals surface area contributed by atoms with Crippen molar-refractivity contribution in [3.05, 3.63) is 71.8 Å². The molecule has 6 heteroatoms. The number of carbonyl (C=O) groups excluding carboxylic acids is 1. The molecule has 1 amide bonds. The van der Waals surface area contributed by atoms with Crippen LogP contribution in [0.3, 0.4) is 0 Å². The van der Waals surface area contributed by atoms with Crippen molar-refractivity contribution in [2.75, 3.05) is 18.9 Å². The zero-order valence-corrected chi connectivity index (χ0v) is 16.2. The highest BCUT2D eigenvalue weighted by Crippen LogP contribution is 2.21. The van der Waals surface area contributed by atoms with E-state index in [9.17, 15) is 4.79 Å². The second-order valence-electron chi connectivity index (χ2n) is 6.89. The molecule has 0 radical (unpaired) electrons. The molecule has 3 rings (SSSR count). The van der Waals surface area contributed by atoms with Gasteiger partial charge in [-0.05, 0) is 57.1 Å². The Morgan fingerprint density at radius 1 is 1.19 bits per heavy atom. The molecule has 0 bridgehead atoms. The van der Waals surface area contributed by atoms with E-state index in [-0.39, 0.29) is 11.9 Å². The number of carbonyl (C=O) groups is 1. The smallest absolute Gasteiger partial charge is 0.238 e. The van der Waals surface area contributed by atoms with Gasteiger partial charge in [0.25, 0.3) is 0 Å². The summed E-state index contributed by atoms with van der Waals surface area (Å²) in [6.07, 6.45) is 3.18. The molecule has 27 heavy (non-hydrogen) atoms. The molecule has 1 N–H and O–H groups in total. The monoisotopic (exact) mass is 363 g/mol. The van der Waals surface area contributed by atoms with Gasteiger partial charge in [0.05, 0.1) is 12.2 Å². The van der Waals surface area contributed by atoms with Crippen LogP contribution in [0.1, 0.15) is 29.7 Å². The Morgan fingerprint density at radius 3 is 2.56 bits per heavy atom. The number of hydrogen-bond donors (Lipinski definition) is 1. The quantitative estimate of drug-likeness (QED) is 0.728. The van der Waals surface area contributed by atoms with Crippen molar-refractivity contribution in [1.82, 2.24) is 19.7 Å². The van der Waals surface area contributed by atoms with Crippen LogP contribution in [0.25, 0.3) is 5.69 Å². The van der Waals surface area contributed by atoms with Gasteiger partial charge < -0.3 is 5.32 Å². The molecule has 0 fully saturated rings. The number of amides is 1. The summed E-state index contributed by atoms with van der Waals surface area (Å²) in [6.45, 7) is 6.46. The van der Waals surface area contributed by atoms with Crippen molar-refractivity contribution in [2.24, 2.45) is 0 Å². The summed E-state index contributed by atoms with van der Waals surface area (Å²) in [5.41, 5.74) is 5.22. The molecular formula is C21H25N5O. The summed E-state index contributed by atoms with van der Waals surface area (Å²) < 4.78 is 1.72. The number of hydrogen-bond acceptors (Lipinski definition) is 4. The Morgan fingerprint density at radius 2 is 1.93 bits per heavy atom. The van der Waals surface area contributed by atoms with Crippen LogP contribution in [0.4, 0.5) is 5.69 Å². The predicted octanol–water partition coefficient (Wildman–Crippen LogP) is 3.52. The normalized spacial score (nSPS) is 12.2. The molecule has 0 saturated heterocycles. The third-order valence-corrected chi connectivity index (χ3v) is 4.77. The molecule has 1 heterocycles. The number of aryl methyl sites for hydroxylation is 2. The highest BCUT2D eigenvalue weighted by Gasteiger charge is 2.15. The zero-order valence-electron chi connectivity index (χ0n) is 16.2. The molecule has 3 aromatic rings. The molecule has 0 aliphatic carbocycles. The highest BCUT2D eigenvalue weighted by atomic mass is 16.2. The van der Waals surface area contributed by atoms with Crippen LogP contribution in [0.15, 0.2) is 55.1 Å². The minimum Gasteiger partial charge on any atom is -0.325 e. The van der Waals surface area contributed by atoms with Gasteiger partial charge >= 0.3 is 0 Å². The molecule has 140 valence electrons. The maximum absolute atomic E-state index is 12.4. The van der Waals surface area contributed by atoms with E-state index in [0.717, 1.165) is 22.5 Å². The van der Waals surface area contributed by atoms with E-state index < -0.39 is 0 Å². The number of rotatable bonds is 6. The fraction of sp³-hybridized carbons (Fsp3) is 0.286. The standard InChI is InChI=1S/C21H25N5O/c1-15-5-10-20(16(2)11-15)24-21(27)12-25(4)17(3)18-6-8-19(9-7-18)26-14-22-13-23-26/h5-11,13-14,17H,12H2,1-4H3,(H,24,27). The molecule has 1 unspecified atom stereocenters. The van der Waals surface area contributed by atoms with Gasteiger partial charge in [0.15, 0.2) is 0 Å². The maximum Gasteiger partial charge on any atom is 0.238 e. The Bertz CT molecular complexity index is 903. The molecule has 0 aliphatic rings. The molecule has 1 aromatic heterocycles. The minimum absolute atomic E-state index is 0.0180. The van der Waals surface area contributed by atoms with Crippen molar-refractivity contribution in [2.45, 2.75) is 26.8 Å². The fourth-order valence-electron chi connectivity index (χ4n) is 3.01. The Hall–Kier alpha value is -2.99. The SMILES string of the molecule is Cc1ccc(NC(=O)CN(C)C(C)c2ccc(-n3cncn3)cc2)c(C)c1. The lowest BCUT2D eigenvalue weighted by molar-refractivity contribution is -0.117. The van der Waals surface area contributed by atoms with Crippen molar-refractivity contribution in [1.29, 1.82) is 0 Å². The number of nitrogens with one attached hydrogen (secondary N) is 1. The van der Waals surface area contributed by atoms with Crippen LogP contribution in [-0.2, 0) is 4.79 Å². The number of anilines is 1. The Balaban J connectivity index is 1.61. The summed E-state index contributed by atoms with van der Waals surface area (Å²) in [5.74, 6) is -0.0180. The van der Waals surface area contributed by atoms with Crippen molar-refractivity contribution in [3.63, 3.8) is 0 Å². The highest BCUT2D eigenvalue weighted by molar-refractivity contribution is 5.93. The first-order valence-electron chi connectivity index (χ1n) is 8.96. The Labute approximate surface area is 159 Å². The van der Waals surface area contributed by atoms with Crippen molar-refractivity contribution < 1.29 is 4.79 Å². The van der Waals surface area contributed by atoms with Gasteiger partial charge in [0.2, 0.25) is 5.91 Å². The summed E-state index contributed by atoms with van der Waals surface area (Å²) >= 11 is 0. The van der Waals surface area contributed by atoms with E-state index >= 15 is 0 Å². The van der Waals surface area contributed by atoms with Crippen LogP contribution in [0.2, 0.25) is 0 Å². The second-order valence-corrected chi connectivity index (χ2v) is 6.89. The first kappa shape index (κ1) is 18.8. The summed E-state index contributed by atoms with van der Waals surface area (Å²) in [4.78, 5) is 18.4. The minimum atomic E-state index is -0.0180. The van der Waals surface area contributed by atoms with Crippen molar-refractivity contribution >= 4 is 11.6 Å². The van der Waals surface area contributed by atoms with Crippen LogP contribution in [0, 0.1) is 13.8 Å². The number of benzene rings is 2. The largest absolute Gasteiger partial charge is 0.325 e. The molecule has 1 atom stereocenters. The average Bonchev–Trinajstić information content (AvgIpc) is 3.18. The van der Waals surface area contributed by atoms with Gasteiger partial charge in [-0.15, -0.1) is 0 Å². The Kier molecular flexibility index (Phi) is 5.66. The first-order chi connectivity index (χ1) is 12.9. The van der Waals surface area contributed by atoms with E-state index in [0.29, 0.717) is 6.54 Å². The van der Waals surface area contributed by atoms with Gasteiger partial charge in [0.1, 0.15) is 12.7 Å². The summed E-state index contributed by atoms with van der Waals surface area (Å²) in [5, 5.41) is 7.13. The fourth-order valence-corrected chi connectivity index (χ4v) is 3.01. The third-order valence-electron chi connectivity index (χ3n) is 4.77. The molecular weight excluding hydrogens is 338 g/mol. The van der Waals surface area contributed by atoms with Gasteiger partial charge in [-0.2, -0.15) is 5.10 Å². The lowest BCUT2D eigenvalue weighted by atomic mass is 10.1. The lowest BCUT2D eigenvalue weighted by Gasteiger charge is -2.25. The van der Waals surface area contributed by atoms with Gasteiger partial charge in [-0.25, -0.2) is 9.67 Å². The van der Waals surface area contributed by atoms with Crippen LogP contribution >= 0.6 is 0 Å². The van der Waals surface area contributed by atoms with Crippen LogP contribution < -0.4 is 5.32 Å². The lowest BCUT2D eigenvalue weighted by Crippen LogP contribution is -2.32. The predicted molar refractivity (Wildman–Crippen MR) is 107 cm³/mol. The van der Waals surface area contributed by atoms with Crippen LogP contribution in [0.5, 0.6) is 0 Å². The zero-order chi connectivity index (χ0) is 19.4. The second kappa shape index (κ2) is 8.14. The van der Waals surface area contributed by atoms with Crippen LogP contribution in [-0.4, -0.2) is 39.2 Å². The molecule has 6 nitrogen and oxygen atoms in total. The van der Waals surface area contributed by atoms with E-state index in [1.54, 1.807) is 11.0 Å². The number of nitrogens with zero attached hydrogens (tertiary/aromatic N) is 4. The first-order valence-corrected chi connectivity index (χ1v) is 8.96. The van der Waals surface area contributed by atoms with Gasteiger partial charge in [-0.3, -0.25) is 9.69 Å². The molecule has 0 spiro atoms. The van der Waals surface area contributed by atoms with E-state index in [1.165, 1.54) is 11.9 Å². The summed E-state index contributed by atoms with van der Waals surface area (Å²) in [6, 6.07) is 14.3. The number of aromatic nitrogens is 3. The van der Waals surface area contributed by atoms with E-state index in [1.807, 2.05) is 50.1 Å². The van der Waals surface area contributed by atoms with E-state index in [2.05, 4.69) is 40.5 Å². The number of likely N-dealkylation sites (N-methyl/N-ethyl adjacent to an activating group) is 1. The molecule has 2 aromatic carbocycles. The average molecular weight is 363 g/mol. The topological polar surface area (TPSA) is 63.1 Å². The van der Waals surface area contributed by atoms with E-state index in [4.69, 9.17) is 0 Å². The van der Waals surface area contributed by atoms with Gasteiger partial charge in [-0.1, -0.05) is 29.8 Å². The van der Waals surface area contributed by atoms with Crippen molar-refractivity contribution in [3.8, 4) is 5.69 Å². The summed E-state index contributed by atoms with van der Waals surface area (Å²) in [7, 11) is 1.96. The molecule has 0 aliphatic heterocycles.